The van der Waals surface area contributed by atoms with Crippen molar-refractivity contribution < 1.29 is 19.7 Å². The van der Waals surface area contributed by atoms with Gasteiger partial charge in [-0.25, -0.2) is 14.8 Å². The van der Waals surface area contributed by atoms with E-state index in [1.54, 1.807) is 37.7 Å². The molecular weight excluding hydrogens is 486 g/mol. The number of hydrogen-bond acceptors (Lipinski definition) is 10. The first-order valence-electron chi connectivity index (χ1n) is 11.6. The molecule has 0 amide bonds. The monoisotopic (exact) mass is 513 g/mol. The van der Waals surface area contributed by atoms with Crippen molar-refractivity contribution in [2.24, 2.45) is 5.92 Å². The lowest BCUT2D eigenvalue weighted by Crippen LogP contribution is -2.36. The topological polar surface area (TPSA) is 146 Å². The summed E-state index contributed by atoms with van der Waals surface area (Å²) in [6, 6.07) is 7.05. The Bertz CT molecular complexity index is 1190. The van der Waals surface area contributed by atoms with Gasteiger partial charge in [0.25, 0.3) is 0 Å². The quantitative estimate of drug-likeness (QED) is 0.317. The van der Waals surface area contributed by atoms with Crippen molar-refractivity contribution in [2.75, 3.05) is 42.3 Å². The molecular formula is C24H28ClN7O4. The van der Waals surface area contributed by atoms with Gasteiger partial charge >= 0.3 is 5.97 Å². The highest BCUT2D eigenvalue weighted by Crippen LogP contribution is 2.29. The summed E-state index contributed by atoms with van der Waals surface area (Å²) in [6.07, 6.45) is 4.83. The molecule has 3 aromatic rings. The molecule has 11 nitrogen and oxygen atoms in total. The van der Waals surface area contributed by atoms with E-state index in [0.717, 1.165) is 18.4 Å². The van der Waals surface area contributed by atoms with Crippen LogP contribution in [0.15, 0.2) is 36.7 Å². The smallest absolute Gasteiger partial charge is 0.343 e. The number of aliphatic hydroxyl groups excluding tert-OH is 1. The Labute approximate surface area is 213 Å². The van der Waals surface area contributed by atoms with Gasteiger partial charge in [0.1, 0.15) is 28.8 Å². The molecule has 12 heteroatoms. The first kappa shape index (κ1) is 25.4. The van der Waals surface area contributed by atoms with E-state index in [4.69, 9.17) is 16.3 Å². The number of hydrogen-bond donors (Lipinski definition) is 4. The van der Waals surface area contributed by atoms with Crippen molar-refractivity contribution >= 4 is 35.2 Å². The number of aromatic nitrogens is 4. The number of methoxy groups -OCH3 is 1. The molecule has 1 saturated heterocycles. The number of nitrogens with one attached hydrogen (secondary N) is 2. The van der Waals surface area contributed by atoms with Gasteiger partial charge in [0.05, 0.1) is 18.7 Å². The Morgan fingerprint density at radius 1 is 1.14 bits per heavy atom. The Kier molecular flexibility index (Phi) is 8.34. The van der Waals surface area contributed by atoms with Crippen molar-refractivity contribution in [1.29, 1.82) is 0 Å². The molecule has 0 aliphatic carbocycles. The lowest BCUT2D eigenvalue weighted by atomic mass is 9.98. The number of piperidine rings is 1. The molecule has 190 valence electrons. The molecule has 0 bridgehead atoms. The molecule has 4 N–H and O–H groups in total. The highest BCUT2D eigenvalue weighted by Gasteiger charge is 2.26. The first-order chi connectivity index (χ1) is 17.5. The zero-order chi connectivity index (χ0) is 25.5. The molecule has 1 aliphatic heterocycles. The summed E-state index contributed by atoms with van der Waals surface area (Å²) in [5, 5.41) is 26.2. The van der Waals surface area contributed by atoms with Crippen LogP contribution >= 0.6 is 11.6 Å². The van der Waals surface area contributed by atoms with Crippen LogP contribution in [-0.2, 0) is 13.1 Å². The SMILES string of the molecule is COc1ccc(CNc2nc(N3CCC(CO)CC3)nc(NCc3ncccn3)c2C(=O)O)cc1Cl. The molecule has 0 radical (unpaired) electrons. The number of carbonyl (C=O) groups is 1. The van der Waals surface area contributed by atoms with Crippen molar-refractivity contribution in [3.63, 3.8) is 0 Å². The van der Waals surface area contributed by atoms with Gasteiger partial charge in [0.15, 0.2) is 0 Å². The van der Waals surface area contributed by atoms with E-state index >= 15 is 0 Å². The largest absolute Gasteiger partial charge is 0.495 e. The zero-order valence-electron chi connectivity index (χ0n) is 19.8. The van der Waals surface area contributed by atoms with Crippen LogP contribution in [0.5, 0.6) is 5.75 Å². The van der Waals surface area contributed by atoms with E-state index < -0.39 is 5.97 Å². The number of ether oxygens (including phenoxy) is 1. The molecule has 0 saturated carbocycles. The summed E-state index contributed by atoms with van der Waals surface area (Å²) in [7, 11) is 1.54. The number of rotatable bonds is 10. The maximum atomic E-state index is 12.3. The molecule has 1 aromatic carbocycles. The van der Waals surface area contributed by atoms with Gasteiger partial charge < -0.3 is 30.5 Å². The predicted octanol–water partition coefficient (Wildman–Crippen LogP) is 3.06. The van der Waals surface area contributed by atoms with Crippen LogP contribution < -0.4 is 20.3 Å². The Balaban J connectivity index is 1.64. The lowest BCUT2D eigenvalue weighted by Gasteiger charge is -2.31. The molecule has 36 heavy (non-hydrogen) atoms. The standard InChI is InChI=1S/C24H28ClN7O4/c1-36-18-4-3-16(11-17(18)25)12-28-21-20(23(34)35)22(29-13-19-26-7-2-8-27-19)31-24(30-21)32-9-5-15(14-33)6-10-32/h2-4,7-8,11,15,33H,5-6,9-10,12-14H2,1H3,(H,34,35)(H2,28,29,30,31). The average molecular weight is 514 g/mol. The van der Waals surface area contributed by atoms with Crippen molar-refractivity contribution in [3.8, 4) is 5.75 Å². The highest BCUT2D eigenvalue weighted by molar-refractivity contribution is 6.32. The van der Waals surface area contributed by atoms with Crippen LogP contribution in [-0.4, -0.2) is 62.9 Å². The first-order valence-corrected chi connectivity index (χ1v) is 11.9. The average Bonchev–Trinajstić information content (AvgIpc) is 2.91. The number of anilines is 3. The number of nitrogens with zero attached hydrogens (tertiary/aromatic N) is 5. The van der Waals surface area contributed by atoms with Gasteiger partial charge in [-0.1, -0.05) is 17.7 Å². The summed E-state index contributed by atoms with van der Waals surface area (Å²) in [4.78, 5) is 31.8. The minimum absolute atomic E-state index is 0.0838. The van der Waals surface area contributed by atoms with E-state index in [1.165, 1.54) is 0 Å². The third-order valence-corrected chi connectivity index (χ3v) is 6.27. The molecule has 1 fully saturated rings. The van der Waals surface area contributed by atoms with Crippen LogP contribution in [0, 0.1) is 5.92 Å². The molecule has 4 rings (SSSR count). The molecule has 2 aromatic heterocycles. The van der Waals surface area contributed by atoms with Gasteiger partial charge in [-0.05, 0) is 42.5 Å². The van der Waals surface area contributed by atoms with Gasteiger partial charge in [0.2, 0.25) is 5.95 Å². The fraction of sp³-hybridized carbons (Fsp3) is 0.375. The summed E-state index contributed by atoms with van der Waals surface area (Å²) in [5.41, 5.74) is 0.743. The van der Waals surface area contributed by atoms with Crippen molar-refractivity contribution in [1.82, 2.24) is 19.9 Å². The maximum absolute atomic E-state index is 12.3. The summed E-state index contributed by atoms with van der Waals surface area (Å²) in [5.74, 6) is 0.872. The second-order valence-corrected chi connectivity index (χ2v) is 8.76. The van der Waals surface area contributed by atoms with Gasteiger partial charge in [-0.15, -0.1) is 0 Å². The van der Waals surface area contributed by atoms with Crippen LogP contribution in [0.2, 0.25) is 5.02 Å². The van der Waals surface area contributed by atoms with E-state index in [-0.39, 0.29) is 42.8 Å². The fourth-order valence-corrected chi connectivity index (χ4v) is 4.23. The summed E-state index contributed by atoms with van der Waals surface area (Å²) >= 11 is 6.25. The zero-order valence-corrected chi connectivity index (χ0v) is 20.6. The van der Waals surface area contributed by atoms with Crippen LogP contribution in [0.1, 0.15) is 34.6 Å². The second-order valence-electron chi connectivity index (χ2n) is 8.35. The second kappa shape index (κ2) is 11.8. The number of aromatic carboxylic acids is 1. The Morgan fingerprint density at radius 3 is 2.39 bits per heavy atom. The molecule has 0 atom stereocenters. The molecule has 0 spiro atoms. The number of halogens is 1. The molecule has 3 heterocycles. The van der Waals surface area contributed by atoms with Crippen LogP contribution in [0.4, 0.5) is 17.6 Å². The van der Waals surface area contributed by atoms with Crippen molar-refractivity contribution in [2.45, 2.75) is 25.9 Å². The lowest BCUT2D eigenvalue weighted by molar-refractivity contribution is 0.0698. The number of carboxylic acid groups (broad SMARTS) is 1. The minimum Gasteiger partial charge on any atom is -0.495 e. The predicted molar refractivity (Wildman–Crippen MR) is 136 cm³/mol. The van der Waals surface area contributed by atoms with Crippen LogP contribution in [0.25, 0.3) is 0 Å². The van der Waals surface area contributed by atoms with Gasteiger partial charge in [0, 0.05) is 38.6 Å². The van der Waals surface area contributed by atoms with Gasteiger partial charge in [-0.2, -0.15) is 9.97 Å². The maximum Gasteiger partial charge on any atom is 0.343 e. The fourth-order valence-electron chi connectivity index (χ4n) is 3.95. The minimum atomic E-state index is -1.17. The third-order valence-electron chi connectivity index (χ3n) is 5.98. The Morgan fingerprint density at radius 2 is 1.81 bits per heavy atom. The highest BCUT2D eigenvalue weighted by atomic mass is 35.5. The molecule has 1 aliphatic rings. The van der Waals surface area contributed by atoms with Gasteiger partial charge in [-0.3, -0.25) is 0 Å². The van der Waals surface area contributed by atoms with Crippen molar-refractivity contribution in [3.05, 3.63) is 58.6 Å². The molecule has 0 unspecified atom stereocenters. The Hall–Kier alpha value is -3.70. The van der Waals surface area contributed by atoms with E-state index in [2.05, 4.69) is 30.6 Å². The van der Waals surface area contributed by atoms with Crippen LogP contribution in [0.3, 0.4) is 0 Å². The van der Waals surface area contributed by atoms with E-state index in [1.807, 2.05) is 11.0 Å². The summed E-state index contributed by atoms with van der Waals surface area (Å²) in [6.45, 7) is 1.94. The number of aliphatic hydroxyl groups is 1. The third kappa shape index (κ3) is 6.10. The van der Waals surface area contributed by atoms with E-state index in [9.17, 15) is 15.0 Å². The number of benzene rings is 1. The van der Waals surface area contributed by atoms with E-state index in [0.29, 0.717) is 35.6 Å². The summed E-state index contributed by atoms with van der Waals surface area (Å²) < 4.78 is 5.20. The normalized spacial score (nSPS) is 13.9. The number of carboxylic acids is 1.